The lowest BCUT2D eigenvalue weighted by Gasteiger charge is -2.25. The Hall–Kier alpha value is -4.06. The van der Waals surface area contributed by atoms with Crippen molar-refractivity contribution in [2.45, 2.75) is 32.7 Å². The van der Waals surface area contributed by atoms with Crippen LogP contribution in [-0.2, 0) is 9.59 Å². The van der Waals surface area contributed by atoms with Gasteiger partial charge in [-0.2, -0.15) is 0 Å². The number of phenols is 1. The smallest absolute Gasteiger partial charge is 0.300 e. The molecule has 3 aromatic rings. The molecule has 0 bridgehead atoms. The maximum Gasteiger partial charge on any atom is 0.300 e. The fourth-order valence-electron chi connectivity index (χ4n) is 4.29. The van der Waals surface area contributed by atoms with Gasteiger partial charge in [-0.25, -0.2) is 0 Å². The number of anilines is 1. The van der Waals surface area contributed by atoms with Gasteiger partial charge in [0.2, 0.25) is 0 Å². The summed E-state index contributed by atoms with van der Waals surface area (Å²) in [6.45, 7) is 6.44. The highest BCUT2D eigenvalue weighted by Crippen LogP contribution is 2.43. The van der Waals surface area contributed by atoms with E-state index in [0.29, 0.717) is 29.2 Å². The van der Waals surface area contributed by atoms with Crippen molar-refractivity contribution in [3.63, 3.8) is 0 Å². The van der Waals surface area contributed by atoms with E-state index in [2.05, 4.69) is 0 Å². The first-order valence-corrected chi connectivity index (χ1v) is 11.3. The van der Waals surface area contributed by atoms with Crippen LogP contribution in [0.1, 0.15) is 49.4 Å². The summed E-state index contributed by atoms with van der Waals surface area (Å²) in [6.07, 6.45) is 0. The van der Waals surface area contributed by atoms with Crippen LogP contribution in [0.5, 0.6) is 11.5 Å². The number of benzene rings is 3. The molecule has 6 heteroatoms. The number of carbonyl (C=O) groups is 2. The molecule has 174 valence electrons. The average Bonchev–Trinajstić information content (AvgIpc) is 3.10. The van der Waals surface area contributed by atoms with Gasteiger partial charge < -0.3 is 14.9 Å². The zero-order chi connectivity index (χ0) is 24.4. The zero-order valence-corrected chi connectivity index (χ0v) is 19.4. The number of aromatic hydroxyl groups is 1. The number of nitrogens with zero attached hydrogens (tertiary/aromatic N) is 1. The van der Waals surface area contributed by atoms with Gasteiger partial charge in [-0.3, -0.25) is 14.5 Å². The Labute approximate surface area is 198 Å². The molecule has 0 spiro atoms. The molecular weight excluding hydrogens is 430 g/mol. The number of ether oxygens (including phenoxy) is 1. The minimum atomic E-state index is -0.899. The topological polar surface area (TPSA) is 87.1 Å². The second-order valence-corrected chi connectivity index (χ2v) is 8.44. The lowest BCUT2D eigenvalue weighted by atomic mass is 9.93. The first-order valence-electron chi connectivity index (χ1n) is 11.3. The quantitative estimate of drug-likeness (QED) is 0.288. The van der Waals surface area contributed by atoms with Gasteiger partial charge in [0.25, 0.3) is 11.7 Å². The van der Waals surface area contributed by atoms with Crippen molar-refractivity contribution < 1.29 is 24.5 Å². The predicted molar refractivity (Wildman–Crippen MR) is 131 cm³/mol. The minimum absolute atomic E-state index is 0.000638. The van der Waals surface area contributed by atoms with E-state index in [1.165, 1.54) is 17.0 Å². The maximum atomic E-state index is 13.3. The monoisotopic (exact) mass is 457 g/mol. The number of aliphatic hydroxyl groups is 1. The maximum absolute atomic E-state index is 13.3. The summed E-state index contributed by atoms with van der Waals surface area (Å²) >= 11 is 0. The number of hydrogen-bond acceptors (Lipinski definition) is 5. The first-order chi connectivity index (χ1) is 16.3. The van der Waals surface area contributed by atoms with Gasteiger partial charge in [-0.1, -0.05) is 44.2 Å². The van der Waals surface area contributed by atoms with Crippen LogP contribution >= 0.6 is 0 Å². The number of phenolic OH excluding ortho intramolecular Hbond substituents is 1. The van der Waals surface area contributed by atoms with E-state index < -0.39 is 17.7 Å². The standard InChI is InChI=1S/C28H27NO5/c1-4-34-23-14-13-19(16-22(23)17(2)3)26(31)24-25(18-9-8-12-21(30)15-18)29(28(33)27(24)32)20-10-6-5-7-11-20/h5-17,25,30-31H,4H2,1-3H3/b26-24-. The Bertz CT molecular complexity index is 1260. The highest BCUT2D eigenvalue weighted by atomic mass is 16.5. The fourth-order valence-corrected chi connectivity index (χ4v) is 4.29. The largest absolute Gasteiger partial charge is 0.508 e. The van der Waals surface area contributed by atoms with Gasteiger partial charge in [0.1, 0.15) is 17.3 Å². The summed E-state index contributed by atoms with van der Waals surface area (Å²) in [5, 5.41) is 21.5. The summed E-state index contributed by atoms with van der Waals surface area (Å²) in [5.74, 6) is -0.966. The lowest BCUT2D eigenvalue weighted by molar-refractivity contribution is -0.132. The van der Waals surface area contributed by atoms with Gasteiger partial charge in [-0.05, 0) is 66.4 Å². The third kappa shape index (κ3) is 4.15. The molecule has 2 N–H and O–H groups in total. The van der Waals surface area contributed by atoms with E-state index in [1.807, 2.05) is 26.8 Å². The number of para-hydroxylation sites is 1. The third-order valence-electron chi connectivity index (χ3n) is 5.87. The van der Waals surface area contributed by atoms with Gasteiger partial charge >= 0.3 is 0 Å². The average molecular weight is 458 g/mol. The predicted octanol–water partition coefficient (Wildman–Crippen LogP) is 5.54. The summed E-state index contributed by atoms with van der Waals surface area (Å²) in [4.78, 5) is 27.8. The molecule has 1 amide bonds. The summed E-state index contributed by atoms with van der Waals surface area (Å²) in [5.41, 5.74) is 2.31. The van der Waals surface area contributed by atoms with Crippen molar-refractivity contribution in [1.82, 2.24) is 0 Å². The number of hydrogen-bond donors (Lipinski definition) is 2. The molecular formula is C28H27NO5. The van der Waals surface area contributed by atoms with Gasteiger partial charge in [0.15, 0.2) is 0 Å². The number of Topliss-reactive ketones (excluding diaryl/α,β-unsaturated/α-hetero) is 1. The van der Waals surface area contributed by atoms with E-state index in [-0.39, 0.29) is 23.0 Å². The van der Waals surface area contributed by atoms with Crippen LogP contribution in [0.15, 0.2) is 78.4 Å². The second kappa shape index (κ2) is 9.43. The molecule has 1 aliphatic rings. The SMILES string of the molecule is CCOc1ccc(/C(O)=C2/C(=O)C(=O)N(c3ccccc3)C2c2cccc(O)c2)cc1C(C)C. The molecule has 4 rings (SSSR count). The Balaban J connectivity index is 1.93. The number of ketones is 1. The number of aliphatic hydroxyl groups excluding tert-OH is 1. The Morgan fingerprint density at radius 3 is 2.38 bits per heavy atom. The molecule has 1 saturated heterocycles. The van der Waals surface area contributed by atoms with Crippen molar-refractivity contribution in [1.29, 1.82) is 0 Å². The van der Waals surface area contributed by atoms with Gasteiger partial charge in [0, 0.05) is 11.3 Å². The van der Waals surface area contributed by atoms with Crippen LogP contribution in [0, 0.1) is 0 Å². The molecule has 0 aromatic heterocycles. The van der Waals surface area contributed by atoms with E-state index in [1.54, 1.807) is 54.6 Å². The van der Waals surface area contributed by atoms with Crippen LogP contribution in [0.3, 0.4) is 0 Å². The Morgan fingerprint density at radius 1 is 1.00 bits per heavy atom. The molecule has 3 aromatic carbocycles. The second-order valence-electron chi connectivity index (χ2n) is 8.44. The molecule has 34 heavy (non-hydrogen) atoms. The molecule has 0 radical (unpaired) electrons. The van der Waals surface area contributed by atoms with E-state index in [4.69, 9.17) is 4.74 Å². The number of rotatable bonds is 6. The highest BCUT2D eigenvalue weighted by molar-refractivity contribution is 6.51. The molecule has 1 fully saturated rings. The minimum Gasteiger partial charge on any atom is -0.508 e. The van der Waals surface area contributed by atoms with Crippen LogP contribution < -0.4 is 9.64 Å². The lowest BCUT2D eigenvalue weighted by Crippen LogP contribution is -2.29. The Kier molecular flexibility index (Phi) is 6.41. The number of carbonyl (C=O) groups excluding carboxylic acids is 2. The third-order valence-corrected chi connectivity index (χ3v) is 5.87. The Morgan fingerprint density at radius 2 is 1.74 bits per heavy atom. The van der Waals surface area contributed by atoms with E-state index in [9.17, 15) is 19.8 Å². The molecule has 1 aliphatic heterocycles. The molecule has 1 heterocycles. The van der Waals surface area contributed by atoms with Gasteiger partial charge in [-0.15, -0.1) is 0 Å². The molecule has 0 aliphatic carbocycles. The van der Waals surface area contributed by atoms with Crippen molar-refractivity contribution >= 4 is 23.1 Å². The van der Waals surface area contributed by atoms with Crippen LogP contribution in [0.2, 0.25) is 0 Å². The summed E-state index contributed by atoms with van der Waals surface area (Å²) in [7, 11) is 0. The van der Waals surface area contributed by atoms with E-state index >= 15 is 0 Å². The summed E-state index contributed by atoms with van der Waals surface area (Å²) in [6, 6.07) is 19.5. The van der Waals surface area contributed by atoms with Crippen molar-refractivity contribution in [2.75, 3.05) is 11.5 Å². The van der Waals surface area contributed by atoms with Crippen molar-refractivity contribution in [2.24, 2.45) is 0 Å². The summed E-state index contributed by atoms with van der Waals surface area (Å²) < 4.78 is 5.72. The van der Waals surface area contributed by atoms with Crippen molar-refractivity contribution in [3.05, 3.63) is 95.1 Å². The molecule has 0 saturated carbocycles. The van der Waals surface area contributed by atoms with Crippen LogP contribution in [-0.4, -0.2) is 28.5 Å². The molecule has 6 nitrogen and oxygen atoms in total. The molecule has 1 unspecified atom stereocenters. The van der Waals surface area contributed by atoms with Crippen LogP contribution in [0.25, 0.3) is 5.76 Å². The highest BCUT2D eigenvalue weighted by Gasteiger charge is 2.47. The number of amides is 1. The fraction of sp³-hybridized carbons (Fsp3) is 0.214. The van der Waals surface area contributed by atoms with Crippen molar-refractivity contribution in [3.8, 4) is 11.5 Å². The first kappa shape index (κ1) is 23.1. The van der Waals surface area contributed by atoms with E-state index in [0.717, 1.165) is 5.56 Å². The zero-order valence-electron chi connectivity index (χ0n) is 19.4. The van der Waals surface area contributed by atoms with Crippen LogP contribution in [0.4, 0.5) is 5.69 Å². The van der Waals surface area contributed by atoms with Gasteiger partial charge in [0.05, 0.1) is 18.2 Å². The normalized spacial score (nSPS) is 17.4. The molecule has 1 atom stereocenters.